The largest absolute Gasteiger partial charge is 0.459 e. The highest BCUT2D eigenvalue weighted by Crippen LogP contribution is 2.32. The van der Waals surface area contributed by atoms with Gasteiger partial charge >= 0.3 is 0 Å². The van der Waals surface area contributed by atoms with Crippen molar-refractivity contribution in [2.24, 2.45) is 0 Å². The SMILES string of the molecule is CC[C@@H](C)N(Cc1c(C(C)C)nn(-c2ccccc2)c1N(C)C)C(=O)c1ccco1. The van der Waals surface area contributed by atoms with E-state index in [1.165, 1.54) is 0 Å². The van der Waals surface area contributed by atoms with Crippen LogP contribution in [0.1, 0.15) is 61.8 Å². The maximum Gasteiger partial charge on any atom is 0.290 e. The summed E-state index contributed by atoms with van der Waals surface area (Å²) < 4.78 is 7.40. The van der Waals surface area contributed by atoms with Crippen molar-refractivity contribution in [3.8, 4) is 5.69 Å². The van der Waals surface area contributed by atoms with E-state index in [0.29, 0.717) is 12.3 Å². The predicted octanol–water partition coefficient (Wildman–Crippen LogP) is 5.10. The number of furan rings is 1. The van der Waals surface area contributed by atoms with E-state index in [1.54, 1.807) is 18.4 Å². The highest BCUT2D eigenvalue weighted by Gasteiger charge is 2.29. The van der Waals surface area contributed by atoms with Gasteiger partial charge in [0.2, 0.25) is 0 Å². The maximum atomic E-state index is 13.2. The lowest BCUT2D eigenvalue weighted by Gasteiger charge is -2.29. The highest BCUT2D eigenvalue weighted by atomic mass is 16.3. The number of anilines is 1. The first kappa shape index (κ1) is 21.7. The van der Waals surface area contributed by atoms with Crippen LogP contribution in [0.3, 0.4) is 0 Å². The molecule has 160 valence electrons. The average molecular weight is 409 g/mol. The number of aromatic nitrogens is 2. The van der Waals surface area contributed by atoms with Crippen LogP contribution in [0.2, 0.25) is 0 Å². The molecule has 0 fully saturated rings. The van der Waals surface area contributed by atoms with Crippen LogP contribution in [0.25, 0.3) is 5.69 Å². The zero-order valence-corrected chi connectivity index (χ0v) is 18.8. The first-order chi connectivity index (χ1) is 14.3. The molecule has 6 heteroatoms. The van der Waals surface area contributed by atoms with Crippen LogP contribution in [0.15, 0.2) is 53.1 Å². The summed E-state index contributed by atoms with van der Waals surface area (Å²) in [5.74, 6) is 1.48. The smallest absolute Gasteiger partial charge is 0.290 e. The predicted molar refractivity (Wildman–Crippen MR) is 120 cm³/mol. The number of para-hydroxylation sites is 1. The maximum absolute atomic E-state index is 13.2. The summed E-state index contributed by atoms with van der Waals surface area (Å²) >= 11 is 0. The number of benzene rings is 1. The number of rotatable bonds is 8. The molecule has 3 rings (SSSR count). The Labute approximate surface area is 179 Å². The topological polar surface area (TPSA) is 54.5 Å². The van der Waals surface area contributed by atoms with Crippen LogP contribution < -0.4 is 4.90 Å². The van der Waals surface area contributed by atoms with Gasteiger partial charge in [-0.3, -0.25) is 4.79 Å². The summed E-state index contributed by atoms with van der Waals surface area (Å²) in [6.45, 7) is 8.93. The number of carbonyl (C=O) groups is 1. The van der Waals surface area contributed by atoms with Crippen molar-refractivity contribution in [2.45, 2.75) is 52.6 Å². The summed E-state index contributed by atoms with van der Waals surface area (Å²) in [4.78, 5) is 17.2. The third-order valence-electron chi connectivity index (χ3n) is 5.40. The van der Waals surface area contributed by atoms with E-state index in [-0.39, 0.29) is 17.9 Å². The monoisotopic (exact) mass is 408 g/mol. The van der Waals surface area contributed by atoms with E-state index in [0.717, 1.165) is 29.2 Å². The van der Waals surface area contributed by atoms with E-state index < -0.39 is 0 Å². The lowest BCUT2D eigenvalue weighted by molar-refractivity contribution is 0.0638. The fourth-order valence-electron chi connectivity index (χ4n) is 3.64. The summed E-state index contributed by atoms with van der Waals surface area (Å²) in [5.41, 5.74) is 3.07. The Hall–Kier alpha value is -3.02. The Morgan fingerprint density at radius 1 is 1.10 bits per heavy atom. The van der Waals surface area contributed by atoms with Crippen molar-refractivity contribution in [3.05, 3.63) is 65.7 Å². The van der Waals surface area contributed by atoms with Gasteiger partial charge in [0.15, 0.2) is 5.76 Å². The zero-order chi connectivity index (χ0) is 21.8. The Balaban J connectivity index is 2.12. The summed E-state index contributed by atoms with van der Waals surface area (Å²) in [5, 5.41) is 4.98. The third-order valence-corrected chi connectivity index (χ3v) is 5.40. The van der Waals surface area contributed by atoms with Gasteiger partial charge < -0.3 is 14.2 Å². The fraction of sp³-hybridized carbons (Fsp3) is 0.417. The third kappa shape index (κ3) is 4.27. The van der Waals surface area contributed by atoms with Gasteiger partial charge in [0, 0.05) is 25.7 Å². The number of amides is 1. The molecule has 3 aromatic rings. The van der Waals surface area contributed by atoms with E-state index in [4.69, 9.17) is 9.52 Å². The average Bonchev–Trinajstić information content (AvgIpc) is 3.39. The van der Waals surface area contributed by atoms with Gasteiger partial charge in [-0.2, -0.15) is 5.10 Å². The normalized spacial score (nSPS) is 12.2. The molecule has 2 aromatic heterocycles. The van der Waals surface area contributed by atoms with Crippen molar-refractivity contribution in [1.29, 1.82) is 0 Å². The summed E-state index contributed by atoms with van der Waals surface area (Å²) in [6, 6.07) is 13.7. The lowest BCUT2D eigenvalue weighted by Crippen LogP contribution is -2.38. The van der Waals surface area contributed by atoms with Gasteiger partial charge in [0.05, 0.1) is 24.2 Å². The summed E-state index contributed by atoms with van der Waals surface area (Å²) in [6.07, 6.45) is 2.40. The molecular weight excluding hydrogens is 376 g/mol. The van der Waals surface area contributed by atoms with Gasteiger partial charge in [0.25, 0.3) is 5.91 Å². The van der Waals surface area contributed by atoms with Crippen LogP contribution in [0.4, 0.5) is 5.82 Å². The highest BCUT2D eigenvalue weighted by molar-refractivity contribution is 5.91. The lowest BCUT2D eigenvalue weighted by atomic mass is 10.0. The fourth-order valence-corrected chi connectivity index (χ4v) is 3.64. The first-order valence-corrected chi connectivity index (χ1v) is 10.5. The van der Waals surface area contributed by atoms with Crippen molar-refractivity contribution >= 4 is 11.7 Å². The first-order valence-electron chi connectivity index (χ1n) is 10.5. The van der Waals surface area contributed by atoms with Crippen molar-refractivity contribution < 1.29 is 9.21 Å². The van der Waals surface area contributed by atoms with Crippen LogP contribution in [0, 0.1) is 0 Å². The van der Waals surface area contributed by atoms with Crippen molar-refractivity contribution in [1.82, 2.24) is 14.7 Å². The number of carbonyl (C=O) groups excluding carboxylic acids is 1. The molecule has 0 aliphatic heterocycles. The van der Waals surface area contributed by atoms with Crippen LogP contribution in [-0.2, 0) is 6.54 Å². The molecule has 0 unspecified atom stereocenters. The van der Waals surface area contributed by atoms with E-state index in [1.807, 2.05) is 54.0 Å². The molecule has 1 amide bonds. The molecule has 6 nitrogen and oxygen atoms in total. The van der Waals surface area contributed by atoms with Crippen LogP contribution in [0.5, 0.6) is 0 Å². The molecule has 0 aliphatic carbocycles. The van der Waals surface area contributed by atoms with E-state index in [2.05, 4.69) is 32.6 Å². The van der Waals surface area contributed by atoms with Crippen molar-refractivity contribution in [2.75, 3.05) is 19.0 Å². The Kier molecular flexibility index (Phi) is 6.65. The standard InChI is InChI=1S/C24H32N4O2/c1-7-18(4)27(24(29)21-14-11-15-30-21)16-20-22(17(2)3)25-28(23(20)26(5)6)19-12-9-8-10-13-19/h8-15,17-18H,7,16H2,1-6H3/t18-/m1/s1. The minimum absolute atomic E-state index is 0.0673. The summed E-state index contributed by atoms with van der Waals surface area (Å²) in [7, 11) is 4.04. The molecule has 0 spiro atoms. The number of hydrogen-bond acceptors (Lipinski definition) is 4. The van der Waals surface area contributed by atoms with Crippen molar-refractivity contribution in [3.63, 3.8) is 0 Å². The molecule has 2 heterocycles. The number of hydrogen-bond donors (Lipinski definition) is 0. The molecular formula is C24H32N4O2. The van der Waals surface area contributed by atoms with E-state index in [9.17, 15) is 4.79 Å². The molecule has 0 N–H and O–H groups in total. The second-order valence-corrected chi connectivity index (χ2v) is 8.15. The van der Waals surface area contributed by atoms with Gasteiger partial charge in [-0.1, -0.05) is 39.0 Å². The Morgan fingerprint density at radius 2 is 1.80 bits per heavy atom. The van der Waals surface area contributed by atoms with Gasteiger partial charge in [-0.15, -0.1) is 0 Å². The molecule has 0 bridgehead atoms. The second kappa shape index (κ2) is 9.20. The van der Waals surface area contributed by atoms with Crippen LogP contribution in [-0.4, -0.2) is 40.7 Å². The minimum Gasteiger partial charge on any atom is -0.459 e. The molecule has 1 atom stereocenters. The Bertz CT molecular complexity index is 959. The number of nitrogens with zero attached hydrogens (tertiary/aromatic N) is 4. The molecule has 0 radical (unpaired) electrons. The quantitative estimate of drug-likeness (QED) is 0.521. The van der Waals surface area contributed by atoms with Gasteiger partial charge in [-0.05, 0) is 43.5 Å². The van der Waals surface area contributed by atoms with Gasteiger partial charge in [-0.25, -0.2) is 4.68 Å². The zero-order valence-electron chi connectivity index (χ0n) is 18.8. The minimum atomic E-state index is -0.0961. The van der Waals surface area contributed by atoms with Crippen LogP contribution >= 0.6 is 0 Å². The second-order valence-electron chi connectivity index (χ2n) is 8.15. The molecule has 0 saturated carbocycles. The molecule has 0 aliphatic rings. The Morgan fingerprint density at radius 3 is 2.33 bits per heavy atom. The molecule has 1 aromatic carbocycles. The molecule has 0 saturated heterocycles. The molecule has 30 heavy (non-hydrogen) atoms. The van der Waals surface area contributed by atoms with E-state index >= 15 is 0 Å². The van der Waals surface area contributed by atoms with Gasteiger partial charge in [0.1, 0.15) is 5.82 Å².